The summed E-state index contributed by atoms with van der Waals surface area (Å²) < 4.78 is 26.8. The molecule has 1 N–H and O–H groups in total. The predicted molar refractivity (Wildman–Crippen MR) is 91.6 cm³/mol. The van der Waals surface area contributed by atoms with Gasteiger partial charge in [0.1, 0.15) is 0 Å². The molecule has 4 saturated carbocycles. The smallest absolute Gasteiger partial charge is 0.230 e. The van der Waals surface area contributed by atoms with Gasteiger partial charge in [-0.2, -0.15) is 0 Å². The highest BCUT2D eigenvalue weighted by atomic mass is 32.2. The van der Waals surface area contributed by atoms with Gasteiger partial charge < -0.3 is 5.32 Å². The number of benzene rings is 1. The van der Waals surface area contributed by atoms with Gasteiger partial charge in [-0.3, -0.25) is 4.79 Å². The molecule has 0 atom stereocenters. The summed E-state index contributed by atoms with van der Waals surface area (Å²) in [6, 6.07) is 4.19. The zero-order chi connectivity index (χ0) is 16.7. The summed E-state index contributed by atoms with van der Waals surface area (Å²) in [6.07, 6.45) is 7.45. The highest BCUT2D eigenvalue weighted by molar-refractivity contribution is 7.99. The molecule has 0 unspecified atom stereocenters. The van der Waals surface area contributed by atoms with E-state index in [1.54, 1.807) is 6.07 Å². The lowest BCUT2D eigenvalue weighted by atomic mass is 9.53. The summed E-state index contributed by atoms with van der Waals surface area (Å²) in [5, 5.41) is 3.31. The van der Waals surface area contributed by atoms with Crippen LogP contribution in [0.1, 0.15) is 44.1 Å². The van der Waals surface area contributed by atoms with Crippen LogP contribution >= 0.6 is 11.8 Å². The van der Waals surface area contributed by atoms with Crippen molar-refractivity contribution in [2.75, 3.05) is 5.75 Å². The number of thioether (sulfide) groups is 1. The van der Waals surface area contributed by atoms with Gasteiger partial charge in [-0.1, -0.05) is 12.1 Å². The third-order valence-electron chi connectivity index (χ3n) is 5.97. The lowest BCUT2D eigenvalue weighted by Crippen LogP contribution is -2.60. The molecule has 1 aromatic carbocycles. The molecule has 1 aromatic rings. The fraction of sp³-hybridized carbons (Fsp3) is 0.632. The molecule has 0 radical (unpaired) electrons. The molecule has 4 bridgehead atoms. The average Bonchev–Trinajstić information content (AvgIpc) is 2.49. The fourth-order valence-electron chi connectivity index (χ4n) is 5.51. The molecule has 0 aliphatic heterocycles. The molecule has 4 aliphatic rings. The topological polar surface area (TPSA) is 29.1 Å². The third kappa shape index (κ3) is 3.19. The summed E-state index contributed by atoms with van der Waals surface area (Å²) in [7, 11) is 0. The number of halogens is 2. The first kappa shape index (κ1) is 16.4. The monoisotopic (exact) mass is 351 g/mol. The molecule has 24 heavy (non-hydrogen) atoms. The second kappa shape index (κ2) is 6.32. The van der Waals surface area contributed by atoms with E-state index in [4.69, 9.17) is 0 Å². The zero-order valence-corrected chi connectivity index (χ0v) is 14.5. The molecule has 0 heterocycles. The number of amides is 1. The van der Waals surface area contributed by atoms with E-state index in [1.165, 1.54) is 37.1 Å². The van der Waals surface area contributed by atoms with E-state index in [-0.39, 0.29) is 11.4 Å². The lowest BCUT2D eigenvalue weighted by Gasteiger charge is -2.56. The van der Waals surface area contributed by atoms with Crippen LogP contribution in [-0.2, 0) is 10.5 Å². The molecule has 130 valence electrons. The second-order valence-electron chi connectivity index (χ2n) is 7.95. The first-order valence-corrected chi connectivity index (χ1v) is 10.0. The van der Waals surface area contributed by atoms with Crippen molar-refractivity contribution in [3.8, 4) is 0 Å². The molecular formula is C19H23F2NOS. The van der Waals surface area contributed by atoms with Gasteiger partial charge in [-0.15, -0.1) is 11.8 Å². The summed E-state index contributed by atoms with van der Waals surface area (Å²) in [5.41, 5.74) is 0.346. The van der Waals surface area contributed by atoms with Crippen LogP contribution < -0.4 is 5.32 Å². The third-order valence-corrected chi connectivity index (χ3v) is 6.95. The van der Waals surface area contributed by atoms with Crippen molar-refractivity contribution in [3.63, 3.8) is 0 Å². The van der Waals surface area contributed by atoms with Crippen LogP contribution in [0.3, 0.4) is 0 Å². The van der Waals surface area contributed by atoms with Crippen molar-refractivity contribution in [1.82, 2.24) is 5.32 Å². The molecular weight excluding hydrogens is 328 g/mol. The molecule has 0 spiro atoms. The number of hydrogen-bond donors (Lipinski definition) is 1. The van der Waals surface area contributed by atoms with E-state index in [9.17, 15) is 13.6 Å². The Morgan fingerprint density at radius 3 is 2.38 bits per heavy atom. The molecule has 5 heteroatoms. The quantitative estimate of drug-likeness (QED) is 0.858. The minimum absolute atomic E-state index is 0.0243. The van der Waals surface area contributed by atoms with Crippen LogP contribution in [0.15, 0.2) is 18.2 Å². The Hall–Kier alpha value is -1.10. The standard InChI is InChI=1S/C19H23F2NOS/c20-16-3-1-2-15(18(16)21)10-24-11-17(23)22-19-7-12-4-13(8-19)6-14(5-12)9-19/h1-3,12-14H,4-11H2,(H,22,23). The number of carbonyl (C=O) groups excluding carboxylic acids is 1. The van der Waals surface area contributed by atoms with E-state index in [1.807, 2.05) is 0 Å². The summed E-state index contributed by atoms with van der Waals surface area (Å²) in [5.74, 6) is 1.42. The van der Waals surface area contributed by atoms with Crippen LogP contribution in [0.5, 0.6) is 0 Å². The number of nitrogens with one attached hydrogen (secondary N) is 1. The van der Waals surface area contributed by atoms with E-state index in [0.29, 0.717) is 17.1 Å². The van der Waals surface area contributed by atoms with Gasteiger partial charge in [0.15, 0.2) is 11.6 Å². The van der Waals surface area contributed by atoms with Crippen molar-refractivity contribution in [3.05, 3.63) is 35.4 Å². The maximum atomic E-state index is 13.6. The number of hydrogen-bond acceptors (Lipinski definition) is 2. The molecule has 5 rings (SSSR count). The Balaban J connectivity index is 1.30. The number of rotatable bonds is 5. The highest BCUT2D eigenvalue weighted by Crippen LogP contribution is 2.55. The van der Waals surface area contributed by atoms with Crippen molar-refractivity contribution in [2.24, 2.45) is 17.8 Å². The Morgan fingerprint density at radius 1 is 1.12 bits per heavy atom. The fourth-order valence-corrected chi connectivity index (χ4v) is 6.31. The van der Waals surface area contributed by atoms with Crippen molar-refractivity contribution < 1.29 is 13.6 Å². The van der Waals surface area contributed by atoms with Crippen LogP contribution in [0.4, 0.5) is 8.78 Å². The molecule has 4 fully saturated rings. The zero-order valence-electron chi connectivity index (χ0n) is 13.7. The molecule has 2 nitrogen and oxygen atoms in total. The molecule has 1 amide bonds. The minimum Gasteiger partial charge on any atom is -0.350 e. The summed E-state index contributed by atoms with van der Waals surface area (Å²) in [4.78, 5) is 12.4. The first-order valence-electron chi connectivity index (χ1n) is 8.85. The lowest BCUT2D eigenvalue weighted by molar-refractivity contribution is -0.124. The maximum absolute atomic E-state index is 13.6. The second-order valence-corrected chi connectivity index (χ2v) is 8.94. The van der Waals surface area contributed by atoms with Gasteiger partial charge in [-0.05, 0) is 62.3 Å². The van der Waals surface area contributed by atoms with E-state index >= 15 is 0 Å². The van der Waals surface area contributed by atoms with Crippen LogP contribution in [-0.4, -0.2) is 17.2 Å². The Morgan fingerprint density at radius 2 is 1.75 bits per heavy atom. The Labute approximate surface area is 145 Å². The van der Waals surface area contributed by atoms with Crippen LogP contribution in [0.25, 0.3) is 0 Å². The van der Waals surface area contributed by atoms with Crippen molar-refractivity contribution in [2.45, 2.75) is 49.8 Å². The summed E-state index contributed by atoms with van der Waals surface area (Å²) >= 11 is 1.35. The van der Waals surface area contributed by atoms with Crippen LogP contribution in [0.2, 0.25) is 0 Å². The van der Waals surface area contributed by atoms with Crippen molar-refractivity contribution in [1.29, 1.82) is 0 Å². The van der Waals surface area contributed by atoms with Gasteiger partial charge in [0.05, 0.1) is 5.75 Å². The van der Waals surface area contributed by atoms with Crippen molar-refractivity contribution >= 4 is 17.7 Å². The molecule has 0 aromatic heterocycles. The number of carbonyl (C=O) groups is 1. The van der Waals surface area contributed by atoms with Gasteiger partial charge >= 0.3 is 0 Å². The van der Waals surface area contributed by atoms with E-state index < -0.39 is 11.6 Å². The average molecular weight is 351 g/mol. The summed E-state index contributed by atoms with van der Waals surface area (Å²) in [6.45, 7) is 0. The highest BCUT2D eigenvalue weighted by Gasteiger charge is 2.51. The predicted octanol–water partition coefficient (Wildman–Crippen LogP) is 4.28. The largest absolute Gasteiger partial charge is 0.350 e. The van der Waals surface area contributed by atoms with Gasteiger partial charge in [0, 0.05) is 16.9 Å². The minimum atomic E-state index is -0.828. The molecule has 4 aliphatic carbocycles. The first-order chi connectivity index (χ1) is 11.5. The Bertz CT molecular complexity index is 613. The van der Waals surface area contributed by atoms with E-state index in [0.717, 1.165) is 43.1 Å². The van der Waals surface area contributed by atoms with Crippen LogP contribution in [0, 0.1) is 29.4 Å². The molecule has 0 saturated heterocycles. The van der Waals surface area contributed by atoms with Gasteiger partial charge in [-0.25, -0.2) is 8.78 Å². The Kier molecular flexibility index (Phi) is 4.31. The van der Waals surface area contributed by atoms with Gasteiger partial charge in [0.2, 0.25) is 5.91 Å². The van der Waals surface area contributed by atoms with Gasteiger partial charge in [0.25, 0.3) is 0 Å². The normalized spacial score (nSPS) is 33.7. The maximum Gasteiger partial charge on any atom is 0.230 e. The SMILES string of the molecule is O=C(CSCc1cccc(F)c1F)NC12CC3CC(CC(C3)C1)C2. The van der Waals surface area contributed by atoms with E-state index in [2.05, 4.69) is 5.32 Å².